The van der Waals surface area contributed by atoms with Gasteiger partial charge in [-0.1, -0.05) is 19.9 Å². The topological polar surface area (TPSA) is 40.5 Å². The first-order valence-corrected chi connectivity index (χ1v) is 3.58. The van der Waals surface area contributed by atoms with Crippen molar-refractivity contribution < 1.29 is 10.2 Å². The fourth-order valence-corrected chi connectivity index (χ4v) is 0.639. The van der Waals surface area contributed by atoms with Crippen LogP contribution in [0.1, 0.15) is 26.7 Å². The molecule has 0 bridgehead atoms. The molecule has 1 aliphatic carbocycles. The molecule has 1 aliphatic rings. The maximum absolute atomic E-state index is 8.76. The minimum Gasteiger partial charge on any atom is -0.508 e. The maximum Gasteiger partial charge on any atom is 0.152 e. The molecule has 0 atom stereocenters. The van der Waals surface area contributed by atoms with Crippen LogP contribution in [0.2, 0.25) is 0 Å². The number of aliphatic hydroxyl groups excluding tert-OH is 2. The smallest absolute Gasteiger partial charge is 0.152 e. The van der Waals surface area contributed by atoms with Crippen molar-refractivity contribution in [1.29, 1.82) is 0 Å². The molecule has 0 radical (unpaired) electrons. The second kappa shape index (κ2) is 4.91. The van der Waals surface area contributed by atoms with Crippen LogP contribution >= 0.6 is 0 Å². The minimum absolute atomic E-state index is 0.0104. The van der Waals surface area contributed by atoms with Crippen molar-refractivity contribution in [2.75, 3.05) is 0 Å². The number of hydrogen-bond acceptors (Lipinski definition) is 2. The first-order valence-electron chi connectivity index (χ1n) is 3.58. The Bertz CT molecular complexity index is 145. The third-order valence-electron chi connectivity index (χ3n) is 1.12. The molecular formula is C8H14O2. The Hall–Kier alpha value is -0.920. The molecule has 2 N–H and O–H groups in total. The normalized spacial score (nSPS) is 16.2. The van der Waals surface area contributed by atoms with Crippen molar-refractivity contribution in [3.63, 3.8) is 0 Å². The van der Waals surface area contributed by atoms with E-state index in [1.54, 1.807) is 0 Å². The van der Waals surface area contributed by atoms with Gasteiger partial charge in [0.05, 0.1) is 0 Å². The summed E-state index contributed by atoms with van der Waals surface area (Å²) in [5, 5.41) is 17.5. The third kappa shape index (κ3) is 2.58. The number of aliphatic hydroxyl groups is 2. The predicted octanol–water partition coefficient (Wildman–Crippen LogP) is 2.69. The first-order chi connectivity index (χ1) is 4.80. The highest BCUT2D eigenvalue weighted by molar-refractivity contribution is 5.18. The van der Waals surface area contributed by atoms with E-state index < -0.39 is 0 Å². The van der Waals surface area contributed by atoms with Gasteiger partial charge in [0.2, 0.25) is 0 Å². The van der Waals surface area contributed by atoms with E-state index in [0.717, 1.165) is 6.42 Å². The van der Waals surface area contributed by atoms with E-state index in [1.807, 2.05) is 19.9 Å². The lowest BCUT2D eigenvalue weighted by atomic mass is 10.1. The predicted molar refractivity (Wildman–Crippen MR) is 42.0 cm³/mol. The van der Waals surface area contributed by atoms with Gasteiger partial charge < -0.3 is 10.2 Å². The van der Waals surface area contributed by atoms with E-state index >= 15 is 0 Å². The Labute approximate surface area is 61.5 Å². The molecule has 0 aromatic heterocycles. The van der Waals surface area contributed by atoms with Crippen LogP contribution in [-0.2, 0) is 0 Å². The summed E-state index contributed by atoms with van der Waals surface area (Å²) in [5.41, 5.74) is 0. The molecular weight excluding hydrogens is 128 g/mol. The molecule has 2 nitrogen and oxygen atoms in total. The monoisotopic (exact) mass is 142 g/mol. The molecule has 10 heavy (non-hydrogen) atoms. The molecule has 0 saturated heterocycles. The first kappa shape index (κ1) is 9.08. The van der Waals surface area contributed by atoms with Crippen molar-refractivity contribution in [3.05, 3.63) is 23.7 Å². The zero-order valence-electron chi connectivity index (χ0n) is 6.46. The highest BCUT2D eigenvalue weighted by Crippen LogP contribution is 2.12. The summed E-state index contributed by atoms with van der Waals surface area (Å²) in [6.07, 6.45) is 4.74. The summed E-state index contributed by atoms with van der Waals surface area (Å²) < 4.78 is 0. The van der Waals surface area contributed by atoms with Crippen LogP contribution in [0.5, 0.6) is 0 Å². The van der Waals surface area contributed by atoms with E-state index in [1.165, 1.54) is 6.08 Å². The highest BCUT2D eigenvalue weighted by Gasteiger charge is 2.02. The van der Waals surface area contributed by atoms with Crippen LogP contribution in [-0.4, -0.2) is 10.2 Å². The van der Waals surface area contributed by atoms with Crippen molar-refractivity contribution >= 4 is 0 Å². The molecule has 0 aromatic rings. The maximum atomic E-state index is 8.76. The summed E-state index contributed by atoms with van der Waals surface area (Å²) >= 11 is 0. The van der Waals surface area contributed by atoms with Gasteiger partial charge in [0.15, 0.2) is 5.76 Å². The SMILES string of the molecule is CC.OC1=C(O)CCC=C1. The lowest BCUT2D eigenvalue weighted by Crippen LogP contribution is -1.91. The zero-order valence-corrected chi connectivity index (χ0v) is 6.46. The quantitative estimate of drug-likeness (QED) is 0.546. The Morgan fingerprint density at radius 1 is 1.30 bits per heavy atom. The molecule has 0 aliphatic heterocycles. The fraction of sp³-hybridized carbons (Fsp3) is 0.500. The van der Waals surface area contributed by atoms with E-state index in [4.69, 9.17) is 10.2 Å². The van der Waals surface area contributed by atoms with Crippen LogP contribution in [0.3, 0.4) is 0 Å². The van der Waals surface area contributed by atoms with E-state index in [9.17, 15) is 0 Å². The Balaban J connectivity index is 0.000000371. The standard InChI is InChI=1S/C6H8O2.C2H6/c7-5-3-1-2-4-6(5)8;1-2/h1,3,7-8H,2,4H2;1-2H3. The zero-order chi connectivity index (χ0) is 7.98. The van der Waals surface area contributed by atoms with Crippen molar-refractivity contribution in [1.82, 2.24) is 0 Å². The van der Waals surface area contributed by atoms with Gasteiger partial charge >= 0.3 is 0 Å². The molecule has 0 fully saturated rings. The van der Waals surface area contributed by atoms with Gasteiger partial charge in [-0.25, -0.2) is 0 Å². The number of rotatable bonds is 0. The van der Waals surface area contributed by atoms with Crippen LogP contribution in [0.4, 0.5) is 0 Å². The highest BCUT2D eigenvalue weighted by atomic mass is 16.3. The molecule has 0 saturated carbocycles. The molecule has 0 unspecified atom stereocenters. The third-order valence-corrected chi connectivity index (χ3v) is 1.12. The molecule has 1 rings (SSSR count). The minimum atomic E-state index is 0.0104. The largest absolute Gasteiger partial charge is 0.508 e. The molecule has 0 heterocycles. The lowest BCUT2D eigenvalue weighted by Gasteiger charge is -2.02. The van der Waals surface area contributed by atoms with Gasteiger partial charge in [0, 0.05) is 6.42 Å². The number of allylic oxidation sites excluding steroid dienone is 3. The van der Waals surface area contributed by atoms with E-state index in [-0.39, 0.29) is 11.5 Å². The van der Waals surface area contributed by atoms with E-state index in [2.05, 4.69) is 0 Å². The van der Waals surface area contributed by atoms with Crippen molar-refractivity contribution in [2.45, 2.75) is 26.7 Å². The Morgan fingerprint density at radius 2 is 1.90 bits per heavy atom. The second-order valence-electron chi connectivity index (χ2n) is 1.77. The van der Waals surface area contributed by atoms with Crippen LogP contribution < -0.4 is 0 Å². The van der Waals surface area contributed by atoms with Gasteiger partial charge in [-0.15, -0.1) is 0 Å². The van der Waals surface area contributed by atoms with Crippen molar-refractivity contribution in [2.24, 2.45) is 0 Å². The average molecular weight is 142 g/mol. The van der Waals surface area contributed by atoms with Crippen LogP contribution in [0, 0.1) is 0 Å². The van der Waals surface area contributed by atoms with Crippen LogP contribution in [0.15, 0.2) is 23.7 Å². The summed E-state index contributed by atoms with van der Waals surface area (Å²) in [4.78, 5) is 0. The van der Waals surface area contributed by atoms with Gasteiger partial charge in [-0.05, 0) is 12.5 Å². The Morgan fingerprint density at radius 3 is 2.20 bits per heavy atom. The molecule has 0 spiro atoms. The number of hydrogen-bond donors (Lipinski definition) is 2. The average Bonchev–Trinajstić information content (AvgIpc) is 2.00. The summed E-state index contributed by atoms with van der Waals surface area (Å²) in [6, 6.07) is 0. The summed E-state index contributed by atoms with van der Waals surface area (Å²) in [7, 11) is 0. The molecule has 0 aromatic carbocycles. The van der Waals surface area contributed by atoms with Gasteiger partial charge in [-0.3, -0.25) is 0 Å². The van der Waals surface area contributed by atoms with Crippen LogP contribution in [0.25, 0.3) is 0 Å². The summed E-state index contributed by atoms with van der Waals surface area (Å²) in [6.45, 7) is 4.00. The van der Waals surface area contributed by atoms with Gasteiger partial charge in [-0.2, -0.15) is 0 Å². The molecule has 58 valence electrons. The van der Waals surface area contributed by atoms with Gasteiger partial charge in [0.1, 0.15) is 5.76 Å². The second-order valence-corrected chi connectivity index (χ2v) is 1.77. The fourth-order valence-electron chi connectivity index (χ4n) is 0.639. The van der Waals surface area contributed by atoms with E-state index in [0.29, 0.717) is 6.42 Å². The van der Waals surface area contributed by atoms with Gasteiger partial charge in [0.25, 0.3) is 0 Å². The molecule has 0 amide bonds. The molecule has 2 heteroatoms. The summed E-state index contributed by atoms with van der Waals surface area (Å²) in [5.74, 6) is 0.115. The Kier molecular flexibility index (Phi) is 4.46. The lowest BCUT2D eigenvalue weighted by molar-refractivity contribution is 0.319. The van der Waals surface area contributed by atoms with Crippen molar-refractivity contribution in [3.8, 4) is 0 Å².